The van der Waals surface area contributed by atoms with Gasteiger partial charge in [0.15, 0.2) is 6.61 Å². The van der Waals surface area contributed by atoms with Gasteiger partial charge in [-0.1, -0.05) is 12.1 Å². The maximum Gasteiger partial charge on any atom is 0.277 e. The zero-order valence-electron chi connectivity index (χ0n) is 17.7. The molecule has 0 bridgehead atoms. The highest BCUT2D eigenvalue weighted by Crippen LogP contribution is 2.24. The normalized spacial score (nSPS) is 10.6. The molecule has 0 saturated heterocycles. The summed E-state index contributed by atoms with van der Waals surface area (Å²) in [5, 5.41) is 4.03. The number of halogens is 1. The number of ether oxygens (including phenoxy) is 4. The first kappa shape index (κ1) is 23.4. The molecule has 0 saturated carbocycles. The van der Waals surface area contributed by atoms with Gasteiger partial charge in [0.25, 0.3) is 5.91 Å². The number of amides is 1. The second-order valence-electron chi connectivity index (χ2n) is 6.58. The fraction of sp³-hybridized carbons (Fsp3) is 0.167. The van der Waals surface area contributed by atoms with Crippen LogP contribution < -0.4 is 24.4 Å². The van der Waals surface area contributed by atoms with Crippen molar-refractivity contribution < 1.29 is 23.7 Å². The molecule has 32 heavy (non-hydrogen) atoms. The first-order valence-electron chi connectivity index (χ1n) is 9.71. The van der Waals surface area contributed by atoms with E-state index in [-0.39, 0.29) is 12.5 Å². The van der Waals surface area contributed by atoms with E-state index in [1.165, 1.54) is 6.21 Å². The van der Waals surface area contributed by atoms with Crippen LogP contribution in [0.4, 0.5) is 0 Å². The van der Waals surface area contributed by atoms with Crippen LogP contribution in [0.15, 0.2) is 71.8 Å². The minimum Gasteiger partial charge on any atom is -0.497 e. The number of hydrogen-bond acceptors (Lipinski definition) is 6. The van der Waals surface area contributed by atoms with E-state index in [0.29, 0.717) is 29.4 Å². The number of benzene rings is 3. The van der Waals surface area contributed by atoms with E-state index in [2.05, 4.69) is 33.1 Å². The minimum atomic E-state index is -0.374. The molecule has 3 aromatic rings. The summed E-state index contributed by atoms with van der Waals surface area (Å²) in [5.41, 5.74) is 4.08. The molecule has 0 unspecified atom stereocenters. The molecule has 1 N–H and O–H groups in total. The average molecular weight is 546 g/mol. The van der Waals surface area contributed by atoms with Crippen molar-refractivity contribution >= 4 is 34.7 Å². The third-order valence-electron chi connectivity index (χ3n) is 4.32. The first-order chi connectivity index (χ1) is 15.6. The largest absolute Gasteiger partial charge is 0.497 e. The van der Waals surface area contributed by atoms with Crippen molar-refractivity contribution in [2.45, 2.75) is 6.61 Å². The molecule has 3 aromatic carbocycles. The summed E-state index contributed by atoms with van der Waals surface area (Å²) in [5.74, 6) is 2.25. The molecule has 0 heterocycles. The Morgan fingerprint density at radius 2 is 1.66 bits per heavy atom. The van der Waals surface area contributed by atoms with Crippen LogP contribution in [0.25, 0.3) is 0 Å². The Hall–Kier alpha value is -3.27. The van der Waals surface area contributed by atoms with Gasteiger partial charge >= 0.3 is 0 Å². The Labute approximate surface area is 200 Å². The lowest BCUT2D eigenvalue weighted by Crippen LogP contribution is -2.24. The average Bonchev–Trinajstić information content (AvgIpc) is 2.83. The van der Waals surface area contributed by atoms with Gasteiger partial charge in [0.2, 0.25) is 0 Å². The van der Waals surface area contributed by atoms with E-state index < -0.39 is 0 Å². The summed E-state index contributed by atoms with van der Waals surface area (Å²) in [6.07, 6.45) is 1.51. The fourth-order valence-corrected chi connectivity index (χ4v) is 3.05. The monoisotopic (exact) mass is 546 g/mol. The molecule has 0 radical (unpaired) electrons. The van der Waals surface area contributed by atoms with Gasteiger partial charge in [0.1, 0.15) is 29.6 Å². The number of hydrogen-bond donors (Lipinski definition) is 1. The van der Waals surface area contributed by atoms with E-state index in [1.807, 2.05) is 36.4 Å². The Balaban J connectivity index is 1.60. The molecule has 0 aliphatic rings. The highest BCUT2D eigenvalue weighted by molar-refractivity contribution is 14.1. The lowest BCUT2D eigenvalue weighted by atomic mass is 10.2. The number of carbonyl (C=O) groups is 1. The van der Waals surface area contributed by atoms with Crippen LogP contribution in [0.3, 0.4) is 0 Å². The molecule has 8 heteroatoms. The molecule has 0 atom stereocenters. The molecule has 166 valence electrons. The van der Waals surface area contributed by atoms with Crippen molar-refractivity contribution in [2.24, 2.45) is 5.10 Å². The minimum absolute atomic E-state index is 0.144. The molecule has 3 rings (SSSR count). The number of rotatable bonds is 10. The van der Waals surface area contributed by atoms with Gasteiger partial charge in [0.05, 0.1) is 20.4 Å². The number of nitrogens with one attached hydrogen (secondary N) is 1. The summed E-state index contributed by atoms with van der Waals surface area (Å²) >= 11 is 2.20. The Morgan fingerprint density at radius 1 is 0.938 bits per heavy atom. The van der Waals surface area contributed by atoms with Gasteiger partial charge in [-0.2, -0.15) is 5.10 Å². The van der Waals surface area contributed by atoms with Gasteiger partial charge in [0, 0.05) is 9.13 Å². The highest BCUT2D eigenvalue weighted by Gasteiger charge is 2.07. The summed E-state index contributed by atoms with van der Waals surface area (Å²) < 4.78 is 23.0. The van der Waals surface area contributed by atoms with Gasteiger partial charge in [-0.05, 0) is 82.8 Å². The van der Waals surface area contributed by atoms with Crippen molar-refractivity contribution in [1.29, 1.82) is 0 Å². The summed E-state index contributed by atoms with van der Waals surface area (Å²) in [4.78, 5) is 12.0. The Morgan fingerprint density at radius 3 is 2.41 bits per heavy atom. The summed E-state index contributed by atoms with van der Waals surface area (Å²) in [7, 11) is 3.20. The summed E-state index contributed by atoms with van der Waals surface area (Å²) in [6.45, 7) is 0.204. The van der Waals surface area contributed by atoms with Gasteiger partial charge < -0.3 is 18.9 Å². The summed E-state index contributed by atoms with van der Waals surface area (Å²) in [6, 6.07) is 20.4. The predicted molar refractivity (Wildman–Crippen MR) is 131 cm³/mol. The lowest BCUT2D eigenvalue weighted by Gasteiger charge is -2.11. The Kier molecular flexibility index (Phi) is 8.73. The van der Waals surface area contributed by atoms with E-state index in [4.69, 9.17) is 18.9 Å². The quantitative estimate of drug-likeness (QED) is 0.232. The van der Waals surface area contributed by atoms with E-state index in [1.54, 1.807) is 44.6 Å². The fourth-order valence-electron chi connectivity index (χ4n) is 2.69. The van der Waals surface area contributed by atoms with Crippen LogP contribution in [0.2, 0.25) is 0 Å². The SMILES string of the molecule is COc1cccc(COc2ccc(OC)cc2/C=N/NC(=O)COc2ccc(I)cc2)c1. The van der Waals surface area contributed by atoms with Gasteiger partial charge in [-0.25, -0.2) is 5.43 Å². The van der Waals surface area contributed by atoms with Crippen molar-refractivity contribution in [2.75, 3.05) is 20.8 Å². The third-order valence-corrected chi connectivity index (χ3v) is 5.04. The van der Waals surface area contributed by atoms with Gasteiger partial charge in [-0.3, -0.25) is 4.79 Å². The second kappa shape index (κ2) is 11.9. The number of hydrazone groups is 1. The van der Waals surface area contributed by atoms with Crippen LogP contribution in [0, 0.1) is 3.57 Å². The maximum atomic E-state index is 12.0. The number of nitrogens with zero attached hydrogens (tertiary/aromatic N) is 1. The van der Waals surface area contributed by atoms with Crippen molar-refractivity contribution in [3.8, 4) is 23.0 Å². The van der Waals surface area contributed by atoms with Crippen LogP contribution in [0.1, 0.15) is 11.1 Å². The number of methoxy groups -OCH3 is 2. The molecular weight excluding hydrogens is 523 g/mol. The second-order valence-corrected chi connectivity index (χ2v) is 7.83. The molecule has 0 aliphatic heterocycles. The topological polar surface area (TPSA) is 78.4 Å². The maximum absolute atomic E-state index is 12.0. The van der Waals surface area contributed by atoms with Crippen LogP contribution in [-0.2, 0) is 11.4 Å². The van der Waals surface area contributed by atoms with Crippen LogP contribution in [0.5, 0.6) is 23.0 Å². The van der Waals surface area contributed by atoms with E-state index in [0.717, 1.165) is 14.9 Å². The Bertz CT molecular complexity index is 1070. The molecule has 1 amide bonds. The first-order valence-corrected chi connectivity index (χ1v) is 10.8. The molecule has 7 nitrogen and oxygen atoms in total. The van der Waals surface area contributed by atoms with Crippen molar-refractivity contribution in [3.05, 3.63) is 81.4 Å². The highest BCUT2D eigenvalue weighted by atomic mass is 127. The third kappa shape index (κ3) is 7.16. The van der Waals surface area contributed by atoms with E-state index >= 15 is 0 Å². The zero-order valence-corrected chi connectivity index (χ0v) is 19.9. The van der Waals surface area contributed by atoms with Crippen LogP contribution in [-0.4, -0.2) is 32.9 Å². The van der Waals surface area contributed by atoms with Crippen molar-refractivity contribution in [3.63, 3.8) is 0 Å². The standard InChI is InChI=1S/C24H23IN2O5/c1-29-21-5-3-4-17(12-21)15-32-23-11-10-22(30-2)13-18(23)14-26-27-24(28)16-31-20-8-6-19(25)7-9-20/h3-14H,15-16H2,1-2H3,(H,27,28)/b26-14+. The molecule has 0 aliphatic carbocycles. The van der Waals surface area contributed by atoms with Crippen LogP contribution >= 0.6 is 22.6 Å². The lowest BCUT2D eigenvalue weighted by molar-refractivity contribution is -0.123. The molecule has 0 fully saturated rings. The molecular formula is C24H23IN2O5. The van der Waals surface area contributed by atoms with Crippen molar-refractivity contribution in [1.82, 2.24) is 5.43 Å². The molecule has 0 spiro atoms. The van der Waals surface area contributed by atoms with E-state index in [9.17, 15) is 4.79 Å². The zero-order chi connectivity index (χ0) is 22.8. The predicted octanol–water partition coefficient (Wildman–Crippen LogP) is 4.42. The van der Waals surface area contributed by atoms with Gasteiger partial charge in [-0.15, -0.1) is 0 Å². The molecule has 0 aromatic heterocycles. The number of carbonyl (C=O) groups excluding carboxylic acids is 1. The smallest absolute Gasteiger partial charge is 0.277 e.